The Morgan fingerprint density at radius 1 is 0.258 bits per heavy atom. The van der Waals surface area contributed by atoms with Crippen LogP contribution < -0.4 is 0 Å². The van der Waals surface area contributed by atoms with Crippen molar-refractivity contribution in [2.45, 2.75) is 193 Å². The quantitative estimate of drug-likeness (QED) is 0.0858. The maximum Gasteiger partial charge on any atom is 0.0367 e. The maximum atomic E-state index is 2.34. The second kappa shape index (κ2) is 28.2. The Morgan fingerprint density at radius 2 is 0.452 bits per heavy atom. The zero-order valence-corrected chi connectivity index (χ0v) is 23.8. The van der Waals surface area contributed by atoms with Crippen LogP contribution in [0, 0.1) is 0 Å². The van der Waals surface area contributed by atoms with Crippen LogP contribution in [0.1, 0.15) is 175 Å². The van der Waals surface area contributed by atoms with Crippen LogP contribution in [0.25, 0.3) is 0 Å². The molecule has 0 aliphatic rings. The molecule has 31 heavy (non-hydrogen) atoms. The van der Waals surface area contributed by atoms with Gasteiger partial charge in [0.1, 0.15) is 0 Å². The summed E-state index contributed by atoms with van der Waals surface area (Å²) in [7, 11) is -0.412. The fourth-order valence-corrected chi connectivity index (χ4v) is 8.60. The van der Waals surface area contributed by atoms with Crippen LogP contribution in [0.2, 0.25) is 18.1 Å². The zero-order valence-electron chi connectivity index (χ0n) is 22.7. The highest BCUT2D eigenvalue weighted by molar-refractivity contribution is 6.58. The van der Waals surface area contributed by atoms with Gasteiger partial charge in [0.25, 0.3) is 0 Å². The number of hydrogen-bond acceptors (Lipinski definition) is 0. The first-order valence-electron chi connectivity index (χ1n) is 15.3. The topological polar surface area (TPSA) is 0 Å². The van der Waals surface area contributed by atoms with Gasteiger partial charge in [-0.1, -0.05) is 193 Å². The predicted molar refractivity (Wildman–Crippen MR) is 149 cm³/mol. The van der Waals surface area contributed by atoms with E-state index >= 15 is 0 Å². The third kappa shape index (κ3) is 26.3. The standard InChI is InChI=1S/C30H64Si/c1-4-7-10-13-14-15-16-17-18-19-20-21-22-23-24-27-30-31(28-25-11-8-5-2)29-26-12-9-6-3/h31H,4-30H2,1-3H3. The molecule has 188 valence electrons. The summed E-state index contributed by atoms with van der Waals surface area (Å²) in [6, 6.07) is 4.98. The molecule has 0 N–H and O–H groups in total. The molecule has 0 saturated carbocycles. The minimum absolute atomic E-state index is 0.412. The third-order valence-electron chi connectivity index (χ3n) is 7.40. The van der Waals surface area contributed by atoms with Gasteiger partial charge >= 0.3 is 0 Å². The Hall–Kier alpha value is 0.217. The minimum Gasteiger partial charge on any atom is -0.0654 e. The van der Waals surface area contributed by atoms with Gasteiger partial charge < -0.3 is 0 Å². The van der Waals surface area contributed by atoms with Crippen molar-refractivity contribution in [1.29, 1.82) is 0 Å². The van der Waals surface area contributed by atoms with Crippen molar-refractivity contribution in [3.63, 3.8) is 0 Å². The maximum absolute atomic E-state index is 2.34. The first kappa shape index (κ1) is 31.2. The lowest BCUT2D eigenvalue weighted by atomic mass is 10.0. The van der Waals surface area contributed by atoms with Crippen LogP contribution in [-0.4, -0.2) is 8.80 Å². The average Bonchev–Trinajstić information content (AvgIpc) is 2.78. The van der Waals surface area contributed by atoms with E-state index in [0.29, 0.717) is 0 Å². The molecule has 1 heteroatoms. The first-order chi connectivity index (χ1) is 15.3. The van der Waals surface area contributed by atoms with E-state index in [0.717, 1.165) is 0 Å². The predicted octanol–water partition coefficient (Wildman–Crippen LogP) is 11.6. The van der Waals surface area contributed by atoms with Gasteiger partial charge in [-0.3, -0.25) is 0 Å². The Labute approximate surface area is 201 Å². The molecule has 0 fully saturated rings. The Kier molecular flexibility index (Phi) is 28.4. The normalized spacial score (nSPS) is 11.6. The molecule has 0 rings (SSSR count). The number of unbranched alkanes of at least 4 members (excludes halogenated alkanes) is 21. The molecule has 0 aromatic carbocycles. The van der Waals surface area contributed by atoms with Gasteiger partial charge in [-0.2, -0.15) is 0 Å². The number of hydrogen-bond donors (Lipinski definition) is 0. The van der Waals surface area contributed by atoms with E-state index in [4.69, 9.17) is 0 Å². The number of rotatable bonds is 27. The second-order valence-corrected chi connectivity index (χ2v) is 14.1. The van der Waals surface area contributed by atoms with Gasteiger partial charge in [-0.25, -0.2) is 0 Å². The largest absolute Gasteiger partial charge is 0.0654 e. The van der Waals surface area contributed by atoms with Crippen molar-refractivity contribution in [3.05, 3.63) is 0 Å². The van der Waals surface area contributed by atoms with Crippen LogP contribution in [0.15, 0.2) is 0 Å². The summed E-state index contributed by atoms with van der Waals surface area (Å²) in [6.45, 7) is 7.00. The highest BCUT2D eigenvalue weighted by Crippen LogP contribution is 2.20. The molecule has 0 bridgehead atoms. The average molecular weight is 453 g/mol. The van der Waals surface area contributed by atoms with Crippen molar-refractivity contribution in [1.82, 2.24) is 0 Å². The van der Waals surface area contributed by atoms with Crippen molar-refractivity contribution in [2.24, 2.45) is 0 Å². The monoisotopic (exact) mass is 452 g/mol. The molecule has 0 aliphatic carbocycles. The van der Waals surface area contributed by atoms with Crippen molar-refractivity contribution in [2.75, 3.05) is 0 Å². The lowest BCUT2D eigenvalue weighted by molar-refractivity contribution is 0.531. The van der Waals surface area contributed by atoms with Gasteiger partial charge in [-0.05, 0) is 0 Å². The molecule has 0 heterocycles. The van der Waals surface area contributed by atoms with Crippen molar-refractivity contribution < 1.29 is 0 Å². The molecule has 0 atom stereocenters. The van der Waals surface area contributed by atoms with E-state index in [1.54, 1.807) is 37.4 Å². The second-order valence-electron chi connectivity index (χ2n) is 10.7. The molecule has 0 nitrogen and oxygen atoms in total. The van der Waals surface area contributed by atoms with E-state index in [1.165, 1.54) is 135 Å². The first-order valence-corrected chi connectivity index (χ1v) is 17.8. The highest BCUT2D eigenvalue weighted by atomic mass is 28.3. The minimum atomic E-state index is -0.412. The highest BCUT2D eigenvalue weighted by Gasteiger charge is 2.10. The molecule has 0 aromatic rings. The van der Waals surface area contributed by atoms with Crippen LogP contribution in [-0.2, 0) is 0 Å². The van der Waals surface area contributed by atoms with Gasteiger partial charge in [0.2, 0.25) is 0 Å². The summed E-state index contributed by atoms with van der Waals surface area (Å²) in [5.41, 5.74) is 0. The summed E-state index contributed by atoms with van der Waals surface area (Å²) in [5.74, 6) is 0. The lowest BCUT2D eigenvalue weighted by Crippen LogP contribution is -2.11. The Bertz CT molecular complexity index is 289. The van der Waals surface area contributed by atoms with Gasteiger partial charge in [0, 0.05) is 8.80 Å². The Morgan fingerprint density at radius 3 is 0.710 bits per heavy atom. The van der Waals surface area contributed by atoms with Crippen LogP contribution in [0.4, 0.5) is 0 Å². The lowest BCUT2D eigenvalue weighted by Gasteiger charge is -2.15. The molecule has 0 aromatic heterocycles. The van der Waals surface area contributed by atoms with E-state index < -0.39 is 8.80 Å². The molecule has 0 spiro atoms. The van der Waals surface area contributed by atoms with Crippen LogP contribution in [0.3, 0.4) is 0 Å². The van der Waals surface area contributed by atoms with Crippen molar-refractivity contribution in [3.8, 4) is 0 Å². The molecular formula is C30H64Si. The molecule has 0 aliphatic heterocycles. The summed E-state index contributed by atoms with van der Waals surface area (Å²) < 4.78 is 0. The van der Waals surface area contributed by atoms with Crippen molar-refractivity contribution >= 4 is 8.80 Å². The molecular weight excluding hydrogens is 388 g/mol. The smallest absolute Gasteiger partial charge is 0.0367 e. The molecule has 0 radical (unpaired) electrons. The van der Waals surface area contributed by atoms with E-state index in [9.17, 15) is 0 Å². The molecule has 0 amide bonds. The van der Waals surface area contributed by atoms with E-state index in [1.807, 2.05) is 0 Å². The Balaban J connectivity index is 3.45. The van der Waals surface area contributed by atoms with Gasteiger partial charge in [0.15, 0.2) is 0 Å². The fourth-order valence-electron chi connectivity index (χ4n) is 5.13. The van der Waals surface area contributed by atoms with E-state index in [-0.39, 0.29) is 0 Å². The summed E-state index contributed by atoms with van der Waals surface area (Å²) in [4.78, 5) is 0. The third-order valence-corrected chi connectivity index (χ3v) is 11.1. The zero-order chi connectivity index (χ0) is 22.7. The van der Waals surface area contributed by atoms with Crippen LogP contribution in [0.5, 0.6) is 0 Å². The summed E-state index contributed by atoms with van der Waals surface area (Å²) in [5, 5.41) is 0. The molecule has 0 unspecified atom stereocenters. The van der Waals surface area contributed by atoms with Gasteiger partial charge in [0.05, 0.1) is 0 Å². The van der Waals surface area contributed by atoms with Gasteiger partial charge in [-0.15, -0.1) is 0 Å². The SMILES string of the molecule is CCCCCCCCCCCCCCCCCC[SiH](CCCCCC)CCCCCC. The molecule has 0 saturated heterocycles. The van der Waals surface area contributed by atoms with Crippen LogP contribution >= 0.6 is 0 Å². The summed E-state index contributed by atoms with van der Waals surface area (Å²) in [6.07, 6.45) is 35.7. The fraction of sp³-hybridized carbons (Fsp3) is 1.00. The summed E-state index contributed by atoms with van der Waals surface area (Å²) >= 11 is 0. The van der Waals surface area contributed by atoms with E-state index in [2.05, 4.69) is 20.8 Å².